The normalized spacial score (nSPS) is 29.8. The molecular formula is C15H31NO2. The van der Waals surface area contributed by atoms with Crippen LogP contribution < -0.4 is 0 Å². The molecule has 0 aliphatic heterocycles. The maximum atomic E-state index is 9.91. The van der Waals surface area contributed by atoms with Crippen molar-refractivity contribution in [3.05, 3.63) is 0 Å². The minimum Gasteiger partial charge on any atom is -0.393 e. The van der Waals surface area contributed by atoms with Crippen LogP contribution in [0.25, 0.3) is 0 Å². The second-order valence-electron chi connectivity index (χ2n) is 6.46. The van der Waals surface area contributed by atoms with Crippen molar-refractivity contribution >= 4 is 0 Å². The van der Waals surface area contributed by atoms with Crippen molar-refractivity contribution in [2.24, 2.45) is 5.92 Å². The lowest BCUT2D eigenvalue weighted by Gasteiger charge is -2.42. The number of aliphatic hydroxyl groups excluding tert-OH is 1. The van der Waals surface area contributed by atoms with Crippen molar-refractivity contribution in [2.75, 3.05) is 20.7 Å². The van der Waals surface area contributed by atoms with Crippen molar-refractivity contribution in [3.8, 4) is 0 Å². The lowest BCUT2D eigenvalue weighted by Crippen LogP contribution is -2.49. The van der Waals surface area contributed by atoms with Crippen LogP contribution in [0.1, 0.15) is 52.9 Å². The van der Waals surface area contributed by atoms with Gasteiger partial charge in [0.2, 0.25) is 0 Å². The summed E-state index contributed by atoms with van der Waals surface area (Å²) >= 11 is 0. The molecule has 1 fully saturated rings. The van der Waals surface area contributed by atoms with E-state index in [4.69, 9.17) is 4.74 Å². The molecule has 18 heavy (non-hydrogen) atoms. The Labute approximate surface area is 113 Å². The lowest BCUT2D eigenvalue weighted by molar-refractivity contribution is -0.0348. The van der Waals surface area contributed by atoms with Gasteiger partial charge in [0.15, 0.2) is 0 Å². The number of aliphatic hydroxyl groups is 1. The van der Waals surface area contributed by atoms with Gasteiger partial charge in [-0.25, -0.2) is 0 Å². The third kappa shape index (κ3) is 4.52. The Morgan fingerprint density at radius 3 is 2.56 bits per heavy atom. The Bertz CT molecular complexity index is 243. The van der Waals surface area contributed by atoms with Crippen LogP contribution >= 0.6 is 0 Å². The summed E-state index contributed by atoms with van der Waals surface area (Å²) in [5.74, 6) is 0.732. The summed E-state index contributed by atoms with van der Waals surface area (Å²) in [7, 11) is 3.94. The van der Waals surface area contributed by atoms with Crippen molar-refractivity contribution in [1.29, 1.82) is 0 Å². The van der Waals surface area contributed by atoms with E-state index < -0.39 is 0 Å². The molecular weight excluding hydrogens is 226 g/mol. The fourth-order valence-corrected chi connectivity index (χ4v) is 3.22. The fraction of sp³-hybridized carbons (Fsp3) is 1.00. The molecule has 1 aliphatic carbocycles. The van der Waals surface area contributed by atoms with Gasteiger partial charge in [-0.3, -0.25) is 0 Å². The van der Waals surface area contributed by atoms with Crippen LogP contribution in [0.2, 0.25) is 0 Å². The number of hydrogen-bond donors (Lipinski definition) is 1. The van der Waals surface area contributed by atoms with Crippen LogP contribution in [-0.4, -0.2) is 48.5 Å². The average molecular weight is 257 g/mol. The molecule has 0 radical (unpaired) electrons. The van der Waals surface area contributed by atoms with E-state index in [9.17, 15) is 5.11 Å². The van der Waals surface area contributed by atoms with Gasteiger partial charge in [-0.1, -0.05) is 13.3 Å². The highest BCUT2D eigenvalue weighted by molar-refractivity contribution is 4.87. The van der Waals surface area contributed by atoms with Crippen LogP contribution in [-0.2, 0) is 4.74 Å². The minimum atomic E-state index is -0.117. The zero-order valence-corrected chi connectivity index (χ0v) is 12.8. The molecule has 0 aromatic rings. The van der Waals surface area contributed by atoms with Gasteiger partial charge in [-0.2, -0.15) is 0 Å². The van der Waals surface area contributed by atoms with Crippen LogP contribution in [0.3, 0.4) is 0 Å². The predicted molar refractivity (Wildman–Crippen MR) is 75.8 cm³/mol. The maximum absolute atomic E-state index is 9.91. The van der Waals surface area contributed by atoms with Crippen LogP contribution in [0.5, 0.6) is 0 Å². The first kappa shape index (κ1) is 15.9. The third-order valence-electron chi connectivity index (χ3n) is 4.34. The Morgan fingerprint density at radius 1 is 1.33 bits per heavy atom. The van der Waals surface area contributed by atoms with Crippen molar-refractivity contribution in [2.45, 2.75) is 70.6 Å². The number of ether oxygens (including phenoxy) is 1. The SMILES string of the molecule is CCCC1CCC(O)CC1N(C)CC(C)(C)OC. The third-order valence-corrected chi connectivity index (χ3v) is 4.34. The summed E-state index contributed by atoms with van der Waals surface area (Å²) < 4.78 is 5.52. The topological polar surface area (TPSA) is 32.7 Å². The lowest BCUT2D eigenvalue weighted by atomic mass is 9.79. The molecule has 0 saturated heterocycles. The van der Waals surface area contributed by atoms with Gasteiger partial charge in [-0.05, 0) is 52.5 Å². The number of rotatable bonds is 6. The van der Waals surface area contributed by atoms with Gasteiger partial charge in [0.1, 0.15) is 0 Å². The molecule has 108 valence electrons. The Morgan fingerprint density at radius 2 is 2.00 bits per heavy atom. The van der Waals surface area contributed by atoms with Crippen molar-refractivity contribution in [1.82, 2.24) is 4.90 Å². The molecule has 3 atom stereocenters. The highest BCUT2D eigenvalue weighted by Gasteiger charge is 2.33. The molecule has 0 heterocycles. The monoisotopic (exact) mass is 257 g/mol. The Kier molecular flexibility index (Phi) is 6.09. The first-order valence-corrected chi connectivity index (χ1v) is 7.33. The highest BCUT2D eigenvalue weighted by Crippen LogP contribution is 2.32. The number of hydrogen-bond acceptors (Lipinski definition) is 3. The van der Waals surface area contributed by atoms with Crippen LogP contribution in [0.4, 0.5) is 0 Å². The average Bonchev–Trinajstić information content (AvgIpc) is 2.31. The maximum Gasteiger partial charge on any atom is 0.0749 e. The predicted octanol–water partition coefficient (Wildman–Crippen LogP) is 2.67. The van der Waals surface area contributed by atoms with Crippen LogP contribution in [0.15, 0.2) is 0 Å². The van der Waals surface area contributed by atoms with E-state index in [1.807, 2.05) is 0 Å². The fourth-order valence-electron chi connectivity index (χ4n) is 3.22. The minimum absolute atomic E-state index is 0.115. The summed E-state index contributed by atoms with van der Waals surface area (Å²) in [5, 5.41) is 9.91. The quantitative estimate of drug-likeness (QED) is 0.794. The molecule has 0 aromatic carbocycles. The zero-order chi connectivity index (χ0) is 13.8. The van der Waals surface area contributed by atoms with E-state index in [-0.39, 0.29) is 11.7 Å². The van der Waals surface area contributed by atoms with Crippen molar-refractivity contribution < 1.29 is 9.84 Å². The molecule has 1 saturated carbocycles. The molecule has 3 heteroatoms. The molecule has 3 unspecified atom stereocenters. The van der Waals surface area contributed by atoms with Gasteiger partial charge in [0.25, 0.3) is 0 Å². The molecule has 1 N–H and O–H groups in total. The Balaban J connectivity index is 2.63. The molecule has 0 spiro atoms. The molecule has 0 amide bonds. The van der Waals surface area contributed by atoms with Gasteiger partial charge in [0, 0.05) is 19.7 Å². The molecule has 1 aliphatic rings. The largest absolute Gasteiger partial charge is 0.393 e. The van der Waals surface area contributed by atoms with Gasteiger partial charge >= 0.3 is 0 Å². The summed E-state index contributed by atoms with van der Waals surface area (Å²) in [4.78, 5) is 2.40. The summed E-state index contributed by atoms with van der Waals surface area (Å²) in [6, 6.07) is 0.503. The Hall–Kier alpha value is -0.120. The molecule has 0 aromatic heterocycles. The standard InChI is InChI=1S/C15H31NO2/c1-6-7-12-8-9-13(17)10-14(12)16(4)11-15(2,3)18-5/h12-14,17H,6-11H2,1-5H3. The van der Waals surface area contributed by atoms with Crippen molar-refractivity contribution in [3.63, 3.8) is 0 Å². The van der Waals surface area contributed by atoms with Crippen LogP contribution in [0, 0.1) is 5.92 Å². The molecule has 0 bridgehead atoms. The smallest absolute Gasteiger partial charge is 0.0749 e. The second-order valence-corrected chi connectivity index (χ2v) is 6.46. The number of likely N-dealkylation sites (N-methyl/N-ethyl adjacent to an activating group) is 1. The van der Waals surface area contributed by atoms with E-state index in [1.54, 1.807) is 7.11 Å². The van der Waals surface area contributed by atoms with E-state index in [2.05, 4.69) is 32.7 Å². The van der Waals surface area contributed by atoms with Gasteiger partial charge in [-0.15, -0.1) is 0 Å². The first-order chi connectivity index (χ1) is 8.39. The zero-order valence-electron chi connectivity index (χ0n) is 12.8. The highest BCUT2D eigenvalue weighted by atomic mass is 16.5. The molecule has 3 nitrogen and oxygen atoms in total. The molecule has 1 rings (SSSR count). The van der Waals surface area contributed by atoms with E-state index in [0.29, 0.717) is 6.04 Å². The van der Waals surface area contributed by atoms with Gasteiger partial charge in [0.05, 0.1) is 11.7 Å². The van der Waals surface area contributed by atoms with E-state index >= 15 is 0 Å². The van der Waals surface area contributed by atoms with E-state index in [0.717, 1.165) is 31.7 Å². The first-order valence-electron chi connectivity index (χ1n) is 7.33. The van der Waals surface area contributed by atoms with E-state index in [1.165, 1.54) is 12.8 Å². The second kappa shape index (κ2) is 6.88. The number of nitrogens with zero attached hydrogens (tertiary/aromatic N) is 1. The summed E-state index contributed by atoms with van der Waals surface area (Å²) in [6.45, 7) is 7.41. The van der Waals surface area contributed by atoms with Gasteiger partial charge < -0.3 is 14.7 Å². The summed E-state index contributed by atoms with van der Waals surface area (Å²) in [5.41, 5.74) is -0.117. The summed E-state index contributed by atoms with van der Waals surface area (Å²) in [6.07, 6.45) is 5.45. The number of methoxy groups -OCH3 is 1.